The van der Waals surface area contributed by atoms with Gasteiger partial charge in [0.05, 0.1) is 0 Å². The highest BCUT2D eigenvalue weighted by Gasteiger charge is 2.39. The molecule has 2 N–H and O–H groups in total. The van der Waals surface area contributed by atoms with Crippen molar-refractivity contribution in [2.75, 3.05) is 20.1 Å². The minimum atomic E-state index is -0.336. The van der Waals surface area contributed by atoms with Crippen LogP contribution in [0.1, 0.15) is 29.0 Å². The van der Waals surface area contributed by atoms with Crippen LogP contribution in [0.15, 0.2) is 54.7 Å². The van der Waals surface area contributed by atoms with Gasteiger partial charge >= 0.3 is 6.09 Å². The summed E-state index contributed by atoms with van der Waals surface area (Å²) in [5.41, 5.74) is 5.13. The second kappa shape index (κ2) is 7.56. The van der Waals surface area contributed by atoms with E-state index < -0.39 is 0 Å². The van der Waals surface area contributed by atoms with Gasteiger partial charge in [0.1, 0.15) is 6.61 Å². The largest absolute Gasteiger partial charge is 0.445 e. The number of amides is 1. The Labute approximate surface area is 171 Å². The van der Waals surface area contributed by atoms with Gasteiger partial charge in [0, 0.05) is 42.1 Å². The number of aromatic amines is 1. The number of ether oxygens (including phenoxy) is 1. The van der Waals surface area contributed by atoms with Crippen LogP contribution in [0.3, 0.4) is 0 Å². The molecular formula is C24H27N3O2. The Bertz CT molecular complexity index is 1010. The molecule has 1 unspecified atom stereocenters. The van der Waals surface area contributed by atoms with Crippen LogP contribution in [0.25, 0.3) is 10.9 Å². The lowest BCUT2D eigenvalue weighted by Gasteiger charge is -2.45. The molecule has 1 aliphatic carbocycles. The molecule has 0 bridgehead atoms. The quantitative estimate of drug-likeness (QED) is 0.708. The van der Waals surface area contributed by atoms with Gasteiger partial charge in [-0.2, -0.15) is 0 Å². The number of fused-ring (bicyclic) bond motifs is 2. The topological polar surface area (TPSA) is 57.4 Å². The van der Waals surface area contributed by atoms with Crippen LogP contribution in [0, 0.1) is 5.92 Å². The zero-order valence-corrected chi connectivity index (χ0v) is 16.7. The molecule has 2 heterocycles. The Hall–Kier alpha value is -2.79. The van der Waals surface area contributed by atoms with Crippen LogP contribution in [0.4, 0.5) is 4.79 Å². The van der Waals surface area contributed by atoms with Gasteiger partial charge in [0.25, 0.3) is 0 Å². The smallest absolute Gasteiger partial charge is 0.407 e. The molecule has 0 spiro atoms. The Morgan fingerprint density at radius 2 is 2.07 bits per heavy atom. The van der Waals surface area contributed by atoms with E-state index in [-0.39, 0.29) is 6.09 Å². The van der Waals surface area contributed by atoms with Gasteiger partial charge in [-0.05, 0) is 48.6 Å². The van der Waals surface area contributed by atoms with Gasteiger partial charge in [0.2, 0.25) is 0 Å². The van der Waals surface area contributed by atoms with E-state index in [1.54, 1.807) is 0 Å². The Balaban J connectivity index is 1.23. The lowest BCUT2D eigenvalue weighted by Crippen LogP contribution is -2.50. The zero-order chi connectivity index (χ0) is 19.8. The first-order valence-electron chi connectivity index (χ1n) is 10.4. The van der Waals surface area contributed by atoms with Crippen molar-refractivity contribution in [1.82, 2.24) is 15.2 Å². The molecule has 2 aliphatic rings. The molecule has 0 radical (unpaired) electrons. The number of H-pyrrole nitrogens is 1. The average Bonchev–Trinajstić information content (AvgIpc) is 3.17. The van der Waals surface area contributed by atoms with Crippen molar-refractivity contribution in [2.24, 2.45) is 5.92 Å². The van der Waals surface area contributed by atoms with Gasteiger partial charge in [-0.25, -0.2) is 4.79 Å². The molecule has 3 atom stereocenters. The SMILES string of the molecule is CN1C[C@H](CNC(=O)OCc2ccccc2)CC2c3cccc4[nH]cc(c34)C[C@H]21. The van der Waals surface area contributed by atoms with E-state index in [0.29, 0.717) is 31.0 Å². The third-order valence-corrected chi connectivity index (χ3v) is 6.56. The van der Waals surface area contributed by atoms with Crippen LogP contribution in [0.2, 0.25) is 0 Å². The fraction of sp³-hybridized carbons (Fsp3) is 0.375. The number of likely N-dealkylation sites (tertiary alicyclic amines) is 1. The molecule has 1 saturated heterocycles. The van der Waals surface area contributed by atoms with Crippen LogP contribution in [-0.4, -0.2) is 42.2 Å². The van der Waals surface area contributed by atoms with E-state index in [1.165, 1.54) is 22.0 Å². The number of rotatable bonds is 4. The van der Waals surface area contributed by atoms with E-state index in [4.69, 9.17) is 4.74 Å². The predicted molar refractivity (Wildman–Crippen MR) is 114 cm³/mol. The molecule has 2 aromatic carbocycles. The van der Waals surface area contributed by atoms with E-state index >= 15 is 0 Å². The maximum absolute atomic E-state index is 12.2. The second-order valence-electron chi connectivity index (χ2n) is 8.45. The van der Waals surface area contributed by atoms with Crippen LogP contribution in [0.5, 0.6) is 0 Å². The highest BCUT2D eigenvalue weighted by Crippen LogP contribution is 2.44. The van der Waals surface area contributed by atoms with Gasteiger partial charge in [-0.15, -0.1) is 0 Å². The van der Waals surface area contributed by atoms with Crippen molar-refractivity contribution in [3.63, 3.8) is 0 Å². The molecule has 150 valence electrons. The van der Waals surface area contributed by atoms with Crippen molar-refractivity contribution < 1.29 is 9.53 Å². The molecule has 5 nitrogen and oxygen atoms in total. The van der Waals surface area contributed by atoms with E-state index in [1.807, 2.05) is 30.3 Å². The Morgan fingerprint density at radius 3 is 2.93 bits per heavy atom. The fourth-order valence-corrected chi connectivity index (χ4v) is 5.20. The van der Waals surface area contributed by atoms with Gasteiger partial charge in [-0.3, -0.25) is 0 Å². The summed E-state index contributed by atoms with van der Waals surface area (Å²) >= 11 is 0. The third-order valence-electron chi connectivity index (χ3n) is 6.56. The molecule has 3 aromatic rings. The molecule has 1 fully saturated rings. The maximum atomic E-state index is 12.2. The monoisotopic (exact) mass is 389 g/mol. The number of hydrogen-bond donors (Lipinski definition) is 2. The summed E-state index contributed by atoms with van der Waals surface area (Å²) < 4.78 is 5.37. The molecular weight excluding hydrogens is 362 g/mol. The minimum Gasteiger partial charge on any atom is -0.445 e. The highest BCUT2D eigenvalue weighted by molar-refractivity contribution is 5.88. The van der Waals surface area contributed by atoms with Crippen molar-refractivity contribution in [3.05, 3.63) is 71.4 Å². The third kappa shape index (κ3) is 3.51. The first-order valence-corrected chi connectivity index (χ1v) is 10.4. The first kappa shape index (κ1) is 18.3. The number of nitrogens with one attached hydrogen (secondary N) is 2. The Kier molecular flexibility index (Phi) is 4.76. The summed E-state index contributed by atoms with van der Waals surface area (Å²) in [6.45, 7) is 1.95. The van der Waals surface area contributed by atoms with Crippen LogP contribution < -0.4 is 5.32 Å². The lowest BCUT2D eigenvalue weighted by atomic mass is 9.72. The summed E-state index contributed by atoms with van der Waals surface area (Å²) in [6.07, 6.45) is 4.03. The molecule has 1 aromatic heterocycles. The standard InChI is InChI=1S/C24H27N3O2/c1-27-14-17(12-26-24(28)29-15-16-6-3-2-4-7-16)10-20-19-8-5-9-21-23(19)18(13-25-21)11-22(20)27/h2-9,13,17,20,22,25H,10-12,14-15H2,1H3,(H,26,28)/t17-,20?,22+/m0/s1. The van der Waals surface area contributed by atoms with E-state index in [0.717, 1.165) is 24.9 Å². The molecule has 0 saturated carbocycles. The maximum Gasteiger partial charge on any atom is 0.407 e. The summed E-state index contributed by atoms with van der Waals surface area (Å²) in [7, 11) is 2.22. The van der Waals surface area contributed by atoms with Crippen molar-refractivity contribution >= 4 is 17.0 Å². The van der Waals surface area contributed by atoms with Gasteiger partial charge in [0.15, 0.2) is 0 Å². The highest BCUT2D eigenvalue weighted by atomic mass is 16.5. The number of aromatic nitrogens is 1. The molecule has 1 amide bonds. The van der Waals surface area contributed by atoms with Crippen LogP contribution >= 0.6 is 0 Å². The molecule has 1 aliphatic heterocycles. The molecule has 5 heteroatoms. The number of likely N-dealkylation sites (N-methyl/N-ethyl adjacent to an activating group) is 1. The van der Waals surface area contributed by atoms with E-state index in [9.17, 15) is 4.79 Å². The molecule has 29 heavy (non-hydrogen) atoms. The molecule has 5 rings (SSSR count). The van der Waals surface area contributed by atoms with Crippen LogP contribution in [-0.2, 0) is 17.8 Å². The predicted octanol–water partition coefficient (Wildman–Crippen LogP) is 4.05. The summed E-state index contributed by atoms with van der Waals surface area (Å²) in [5, 5.41) is 4.40. The number of carbonyl (C=O) groups is 1. The lowest BCUT2D eigenvalue weighted by molar-refractivity contribution is 0.104. The van der Waals surface area contributed by atoms with Crippen molar-refractivity contribution in [2.45, 2.75) is 31.4 Å². The second-order valence-corrected chi connectivity index (χ2v) is 8.45. The van der Waals surface area contributed by atoms with Gasteiger partial charge < -0.3 is 19.9 Å². The summed E-state index contributed by atoms with van der Waals surface area (Å²) in [5.74, 6) is 0.925. The zero-order valence-electron chi connectivity index (χ0n) is 16.7. The fourth-order valence-electron chi connectivity index (χ4n) is 5.20. The van der Waals surface area contributed by atoms with E-state index in [2.05, 4.69) is 46.6 Å². The number of hydrogen-bond acceptors (Lipinski definition) is 3. The Morgan fingerprint density at radius 1 is 1.21 bits per heavy atom. The number of benzene rings is 2. The van der Waals surface area contributed by atoms with Crippen molar-refractivity contribution in [3.8, 4) is 0 Å². The summed E-state index contributed by atoms with van der Waals surface area (Å²) in [4.78, 5) is 18.1. The van der Waals surface area contributed by atoms with Crippen molar-refractivity contribution in [1.29, 1.82) is 0 Å². The normalized spacial score (nSPS) is 23.6. The number of piperidine rings is 1. The minimum absolute atomic E-state index is 0.306. The number of alkyl carbamates (subject to hydrolysis) is 1. The number of nitrogens with zero attached hydrogens (tertiary/aromatic N) is 1. The van der Waals surface area contributed by atoms with Gasteiger partial charge in [-0.1, -0.05) is 42.5 Å². The number of carbonyl (C=O) groups excluding carboxylic acids is 1. The average molecular weight is 389 g/mol. The first-order chi connectivity index (χ1) is 14.2. The summed E-state index contributed by atoms with van der Waals surface area (Å²) in [6, 6.07) is 16.9.